The molecule has 3 nitrogen and oxygen atoms in total. The molecule has 2 unspecified atom stereocenters. The molecular formula is C17H23BrN2O. The number of hydrogen-bond acceptors (Lipinski definition) is 2. The second-order valence-corrected chi connectivity index (χ2v) is 7.36. The van der Waals surface area contributed by atoms with Crippen molar-refractivity contribution in [3.63, 3.8) is 0 Å². The van der Waals surface area contributed by atoms with E-state index < -0.39 is 0 Å². The lowest BCUT2D eigenvalue weighted by molar-refractivity contribution is -0.130. The molecule has 0 heterocycles. The van der Waals surface area contributed by atoms with Crippen molar-refractivity contribution in [2.24, 2.45) is 11.7 Å². The van der Waals surface area contributed by atoms with E-state index in [4.69, 9.17) is 5.73 Å². The van der Waals surface area contributed by atoms with E-state index >= 15 is 0 Å². The van der Waals surface area contributed by atoms with Crippen LogP contribution in [0.5, 0.6) is 0 Å². The van der Waals surface area contributed by atoms with Gasteiger partial charge in [0.2, 0.25) is 5.91 Å². The summed E-state index contributed by atoms with van der Waals surface area (Å²) in [6.45, 7) is 0.677. The molecule has 2 aliphatic rings. The van der Waals surface area contributed by atoms with Gasteiger partial charge in [0, 0.05) is 10.5 Å². The van der Waals surface area contributed by atoms with Crippen molar-refractivity contribution in [1.82, 2.24) is 5.32 Å². The number of nitrogens with two attached hydrogens (primary N) is 1. The number of carbonyl (C=O) groups is 1. The molecule has 21 heavy (non-hydrogen) atoms. The largest absolute Gasteiger partial charge is 0.352 e. The van der Waals surface area contributed by atoms with Crippen LogP contribution in [0.2, 0.25) is 0 Å². The number of halogens is 1. The first-order valence-corrected chi connectivity index (χ1v) is 8.72. The molecule has 114 valence electrons. The number of rotatable bonds is 4. The minimum absolute atomic E-state index is 0.210. The van der Waals surface area contributed by atoms with Gasteiger partial charge in [-0.3, -0.25) is 4.79 Å². The molecule has 1 amide bonds. The maximum atomic E-state index is 12.9. The zero-order chi connectivity index (χ0) is 14.9. The Labute approximate surface area is 134 Å². The van der Waals surface area contributed by atoms with E-state index in [0.29, 0.717) is 12.5 Å². The highest BCUT2D eigenvalue weighted by Crippen LogP contribution is 2.44. The van der Waals surface area contributed by atoms with Crippen LogP contribution in [0, 0.1) is 5.92 Å². The van der Waals surface area contributed by atoms with Gasteiger partial charge in [-0.15, -0.1) is 0 Å². The number of nitrogens with one attached hydrogen (secondary N) is 1. The van der Waals surface area contributed by atoms with Gasteiger partial charge in [0.1, 0.15) is 0 Å². The van der Waals surface area contributed by atoms with Gasteiger partial charge in [-0.25, -0.2) is 0 Å². The summed E-state index contributed by atoms with van der Waals surface area (Å²) < 4.78 is 1.06. The number of carbonyl (C=O) groups excluding carboxylic acids is 1. The molecule has 1 aromatic rings. The molecule has 0 spiro atoms. The predicted molar refractivity (Wildman–Crippen MR) is 88.0 cm³/mol. The molecule has 0 aliphatic heterocycles. The van der Waals surface area contributed by atoms with Gasteiger partial charge < -0.3 is 11.1 Å². The number of amides is 1. The minimum atomic E-state index is -0.303. The fraction of sp³-hybridized carbons (Fsp3) is 0.588. The second kappa shape index (κ2) is 6.09. The third kappa shape index (κ3) is 2.76. The highest BCUT2D eigenvalue weighted by atomic mass is 79.9. The lowest BCUT2D eigenvalue weighted by Crippen LogP contribution is -2.53. The standard InChI is InChI=1S/C17H23BrN2O/c18-14-7-5-13(6-8-14)17(9-2-10-17)16(21)20-15-4-1-3-12(15)11-19/h5-8,12,15H,1-4,9-11,19H2,(H,20,21). The monoisotopic (exact) mass is 350 g/mol. The van der Waals surface area contributed by atoms with Crippen LogP contribution in [-0.4, -0.2) is 18.5 Å². The first kappa shape index (κ1) is 15.0. The van der Waals surface area contributed by atoms with E-state index in [1.54, 1.807) is 0 Å². The van der Waals surface area contributed by atoms with Crippen LogP contribution in [0.15, 0.2) is 28.7 Å². The SMILES string of the molecule is NCC1CCCC1NC(=O)C1(c2ccc(Br)cc2)CCC1. The molecule has 0 aromatic heterocycles. The van der Waals surface area contributed by atoms with Crippen LogP contribution in [-0.2, 0) is 10.2 Å². The molecule has 3 rings (SSSR count). The summed E-state index contributed by atoms with van der Waals surface area (Å²) >= 11 is 3.46. The Morgan fingerprint density at radius 1 is 1.24 bits per heavy atom. The maximum Gasteiger partial charge on any atom is 0.230 e. The average Bonchev–Trinajstić information content (AvgIpc) is 2.87. The lowest BCUT2D eigenvalue weighted by atomic mass is 9.63. The van der Waals surface area contributed by atoms with Crippen LogP contribution >= 0.6 is 15.9 Å². The van der Waals surface area contributed by atoms with Gasteiger partial charge in [-0.2, -0.15) is 0 Å². The molecule has 1 aromatic carbocycles. The molecule has 4 heteroatoms. The van der Waals surface area contributed by atoms with E-state index in [9.17, 15) is 4.79 Å². The van der Waals surface area contributed by atoms with Gasteiger partial charge >= 0.3 is 0 Å². The van der Waals surface area contributed by atoms with Crippen LogP contribution < -0.4 is 11.1 Å². The molecule has 0 saturated heterocycles. The van der Waals surface area contributed by atoms with E-state index in [1.165, 1.54) is 6.42 Å². The molecule has 0 bridgehead atoms. The Hall–Kier alpha value is -0.870. The van der Waals surface area contributed by atoms with Crippen molar-refractivity contribution in [2.75, 3.05) is 6.54 Å². The quantitative estimate of drug-likeness (QED) is 0.876. The smallest absolute Gasteiger partial charge is 0.230 e. The fourth-order valence-corrected chi connectivity index (χ4v) is 4.03. The first-order chi connectivity index (χ1) is 10.2. The van der Waals surface area contributed by atoms with Gasteiger partial charge in [-0.1, -0.05) is 40.9 Å². The first-order valence-electron chi connectivity index (χ1n) is 7.93. The Balaban J connectivity index is 1.76. The second-order valence-electron chi connectivity index (χ2n) is 6.45. The summed E-state index contributed by atoms with van der Waals surface area (Å²) in [5.41, 5.74) is 6.67. The highest BCUT2D eigenvalue weighted by Gasteiger charge is 2.46. The van der Waals surface area contributed by atoms with E-state index in [2.05, 4.69) is 33.4 Å². The third-order valence-corrected chi connectivity index (χ3v) is 5.85. The van der Waals surface area contributed by atoms with Crippen LogP contribution in [0.4, 0.5) is 0 Å². The summed E-state index contributed by atoms with van der Waals surface area (Å²) in [5, 5.41) is 3.31. The molecular weight excluding hydrogens is 328 g/mol. The van der Waals surface area contributed by atoms with Crippen molar-refractivity contribution in [2.45, 2.75) is 50.0 Å². The van der Waals surface area contributed by atoms with Crippen molar-refractivity contribution in [3.8, 4) is 0 Å². The predicted octanol–water partition coefficient (Wildman–Crippen LogP) is 3.11. The van der Waals surface area contributed by atoms with Gasteiger partial charge in [0.05, 0.1) is 5.41 Å². The molecule has 2 saturated carbocycles. The highest BCUT2D eigenvalue weighted by molar-refractivity contribution is 9.10. The molecule has 2 aliphatic carbocycles. The van der Waals surface area contributed by atoms with Crippen molar-refractivity contribution >= 4 is 21.8 Å². The number of benzene rings is 1. The van der Waals surface area contributed by atoms with Crippen LogP contribution in [0.25, 0.3) is 0 Å². The summed E-state index contributed by atoms with van der Waals surface area (Å²) in [5.74, 6) is 0.664. The summed E-state index contributed by atoms with van der Waals surface area (Å²) in [6.07, 6.45) is 6.45. The van der Waals surface area contributed by atoms with E-state index in [1.807, 2.05) is 12.1 Å². The lowest BCUT2D eigenvalue weighted by Gasteiger charge is -2.42. The Morgan fingerprint density at radius 2 is 1.95 bits per heavy atom. The van der Waals surface area contributed by atoms with Crippen molar-refractivity contribution in [1.29, 1.82) is 0 Å². The zero-order valence-corrected chi connectivity index (χ0v) is 13.9. The molecule has 2 fully saturated rings. The van der Waals surface area contributed by atoms with E-state index in [-0.39, 0.29) is 17.4 Å². The third-order valence-electron chi connectivity index (χ3n) is 5.32. The summed E-state index contributed by atoms with van der Waals surface area (Å²) in [7, 11) is 0. The van der Waals surface area contributed by atoms with Gasteiger partial charge in [-0.05, 0) is 55.8 Å². The zero-order valence-electron chi connectivity index (χ0n) is 12.3. The average molecular weight is 351 g/mol. The Morgan fingerprint density at radius 3 is 2.52 bits per heavy atom. The van der Waals surface area contributed by atoms with Gasteiger partial charge in [0.25, 0.3) is 0 Å². The maximum absolute atomic E-state index is 12.9. The van der Waals surface area contributed by atoms with Crippen LogP contribution in [0.1, 0.15) is 44.1 Å². The summed E-state index contributed by atoms with van der Waals surface area (Å²) in [4.78, 5) is 12.9. The fourth-order valence-electron chi connectivity index (χ4n) is 3.76. The topological polar surface area (TPSA) is 55.1 Å². The Kier molecular flexibility index (Phi) is 4.36. The Bertz CT molecular complexity index is 510. The molecule has 3 N–H and O–H groups in total. The normalized spacial score (nSPS) is 27.1. The van der Waals surface area contributed by atoms with Crippen LogP contribution in [0.3, 0.4) is 0 Å². The van der Waals surface area contributed by atoms with Crippen molar-refractivity contribution < 1.29 is 4.79 Å². The number of hydrogen-bond donors (Lipinski definition) is 2. The molecule has 2 atom stereocenters. The molecule has 0 radical (unpaired) electrons. The van der Waals surface area contributed by atoms with E-state index in [0.717, 1.165) is 42.1 Å². The summed E-state index contributed by atoms with van der Waals surface area (Å²) in [6, 6.07) is 8.49. The minimum Gasteiger partial charge on any atom is -0.352 e. The van der Waals surface area contributed by atoms with Crippen molar-refractivity contribution in [3.05, 3.63) is 34.3 Å². The van der Waals surface area contributed by atoms with Gasteiger partial charge in [0.15, 0.2) is 0 Å².